The zero-order valence-corrected chi connectivity index (χ0v) is 6.90. The van der Waals surface area contributed by atoms with Crippen molar-refractivity contribution in [2.24, 2.45) is 5.73 Å². The third-order valence-electron chi connectivity index (χ3n) is 0.667. The van der Waals surface area contributed by atoms with E-state index in [-0.39, 0.29) is 0 Å². The summed E-state index contributed by atoms with van der Waals surface area (Å²) in [5, 5.41) is 0. The van der Waals surface area contributed by atoms with Gasteiger partial charge in [-0.3, -0.25) is 0 Å². The molecule has 0 aliphatic rings. The Morgan fingerprint density at radius 3 is 1.09 bits per heavy atom. The third kappa shape index (κ3) is 17.7. The molecule has 0 radical (unpaired) electrons. The summed E-state index contributed by atoms with van der Waals surface area (Å²) < 4.78 is 0. The molecule has 0 bridgehead atoms. The minimum Gasteiger partial charge on any atom is -0.331 e. The maximum absolute atomic E-state index is 4.85. The first-order valence-electron chi connectivity index (χ1n) is 3.45. The Labute approximate surface area is 69.2 Å². The second kappa shape index (κ2) is 15.9. The standard InChI is InChI=1S/C6H6.C2H7N.C2H2/c1-2-4-6-5-3-1;1-2-3;1-2/h1-6H;2-3H2,1H3;1-2H. The lowest BCUT2D eigenvalue weighted by atomic mass is 10.4. The van der Waals surface area contributed by atoms with Gasteiger partial charge in [0.25, 0.3) is 0 Å². The molecule has 1 heteroatoms. The Bertz CT molecular complexity index is 117. The Morgan fingerprint density at radius 1 is 0.909 bits per heavy atom. The van der Waals surface area contributed by atoms with Crippen LogP contribution in [0.5, 0.6) is 0 Å². The molecule has 0 amide bonds. The van der Waals surface area contributed by atoms with Crippen LogP contribution < -0.4 is 5.73 Å². The van der Waals surface area contributed by atoms with E-state index in [2.05, 4.69) is 12.8 Å². The average Bonchev–Trinajstić information content (AvgIpc) is 2.12. The van der Waals surface area contributed by atoms with Gasteiger partial charge in [0.15, 0.2) is 0 Å². The highest BCUT2D eigenvalue weighted by molar-refractivity contribution is 4.99. The molecule has 0 unspecified atom stereocenters. The highest BCUT2D eigenvalue weighted by Gasteiger charge is 1.57. The molecule has 11 heavy (non-hydrogen) atoms. The summed E-state index contributed by atoms with van der Waals surface area (Å²) >= 11 is 0. The van der Waals surface area contributed by atoms with E-state index in [0.717, 1.165) is 6.54 Å². The van der Waals surface area contributed by atoms with E-state index in [1.807, 2.05) is 43.3 Å². The Balaban J connectivity index is 0. The number of nitrogens with two attached hydrogens (primary N) is 1. The molecule has 0 saturated heterocycles. The van der Waals surface area contributed by atoms with E-state index >= 15 is 0 Å². The van der Waals surface area contributed by atoms with E-state index < -0.39 is 0 Å². The van der Waals surface area contributed by atoms with Gasteiger partial charge in [-0.15, -0.1) is 12.8 Å². The lowest BCUT2D eigenvalue weighted by molar-refractivity contribution is 1.14. The monoisotopic (exact) mass is 149 g/mol. The SMILES string of the molecule is C#C.CCN.c1ccccc1. The van der Waals surface area contributed by atoms with Crippen LogP contribution in [0.3, 0.4) is 0 Å². The molecule has 1 rings (SSSR count). The Hall–Kier alpha value is -1.26. The Kier molecular flexibility index (Phi) is 17.9. The molecule has 0 heterocycles. The first-order chi connectivity index (χ1) is 5.41. The van der Waals surface area contributed by atoms with Crippen molar-refractivity contribution in [1.82, 2.24) is 0 Å². The van der Waals surface area contributed by atoms with Crippen LogP contribution in [0.25, 0.3) is 0 Å². The molecule has 2 N–H and O–H groups in total. The van der Waals surface area contributed by atoms with Crippen LogP contribution in [0.4, 0.5) is 0 Å². The topological polar surface area (TPSA) is 26.0 Å². The van der Waals surface area contributed by atoms with E-state index in [9.17, 15) is 0 Å². The molecule has 1 aromatic rings. The van der Waals surface area contributed by atoms with Gasteiger partial charge < -0.3 is 5.73 Å². The number of hydrogen-bond acceptors (Lipinski definition) is 1. The Morgan fingerprint density at radius 2 is 1.00 bits per heavy atom. The minimum absolute atomic E-state index is 0.750. The molecule has 1 aromatic carbocycles. The van der Waals surface area contributed by atoms with Crippen LogP contribution in [0.1, 0.15) is 6.92 Å². The molecule has 1 nitrogen and oxygen atoms in total. The van der Waals surface area contributed by atoms with Crippen molar-refractivity contribution < 1.29 is 0 Å². The highest BCUT2D eigenvalue weighted by Crippen LogP contribution is 1.79. The molecule has 0 aliphatic heterocycles. The summed E-state index contributed by atoms with van der Waals surface area (Å²) in [5.41, 5.74) is 4.85. The van der Waals surface area contributed by atoms with Gasteiger partial charge in [0, 0.05) is 0 Å². The molecule has 0 atom stereocenters. The average molecular weight is 149 g/mol. The van der Waals surface area contributed by atoms with Crippen LogP contribution >= 0.6 is 0 Å². The van der Waals surface area contributed by atoms with Crippen molar-refractivity contribution in [2.45, 2.75) is 6.92 Å². The number of benzene rings is 1. The molecule has 0 aromatic heterocycles. The van der Waals surface area contributed by atoms with Crippen LogP contribution in [0, 0.1) is 12.8 Å². The van der Waals surface area contributed by atoms with Gasteiger partial charge in [-0.25, -0.2) is 0 Å². The van der Waals surface area contributed by atoms with Gasteiger partial charge in [-0.1, -0.05) is 43.3 Å². The van der Waals surface area contributed by atoms with E-state index in [1.165, 1.54) is 0 Å². The first kappa shape index (κ1) is 12.4. The lowest BCUT2D eigenvalue weighted by Gasteiger charge is -1.69. The van der Waals surface area contributed by atoms with Gasteiger partial charge in [0.2, 0.25) is 0 Å². The normalized spacial score (nSPS) is 6.18. The predicted molar refractivity (Wildman–Crippen MR) is 51.1 cm³/mol. The maximum Gasteiger partial charge on any atom is -0.0106 e. The van der Waals surface area contributed by atoms with Gasteiger partial charge in [-0.05, 0) is 6.54 Å². The fourth-order valence-corrected chi connectivity index (χ4v) is 0.385. The van der Waals surface area contributed by atoms with Gasteiger partial charge >= 0.3 is 0 Å². The van der Waals surface area contributed by atoms with Crippen LogP contribution in [0.15, 0.2) is 36.4 Å². The summed E-state index contributed by atoms with van der Waals surface area (Å²) in [6.07, 6.45) is 8.00. The van der Waals surface area contributed by atoms with Gasteiger partial charge in [0.05, 0.1) is 0 Å². The summed E-state index contributed by atoms with van der Waals surface area (Å²) in [6, 6.07) is 12.0. The number of hydrogen-bond donors (Lipinski definition) is 1. The van der Waals surface area contributed by atoms with Crippen LogP contribution in [-0.2, 0) is 0 Å². The van der Waals surface area contributed by atoms with Crippen molar-refractivity contribution in [3.8, 4) is 12.8 Å². The van der Waals surface area contributed by atoms with Crippen LogP contribution in [-0.4, -0.2) is 6.54 Å². The van der Waals surface area contributed by atoms with Gasteiger partial charge in [-0.2, -0.15) is 0 Å². The largest absolute Gasteiger partial charge is 0.331 e. The summed E-state index contributed by atoms with van der Waals surface area (Å²) in [7, 11) is 0. The third-order valence-corrected chi connectivity index (χ3v) is 0.667. The van der Waals surface area contributed by atoms with Crippen molar-refractivity contribution >= 4 is 0 Å². The smallest absolute Gasteiger partial charge is 0.0106 e. The zero-order valence-electron chi connectivity index (χ0n) is 6.90. The van der Waals surface area contributed by atoms with E-state index in [0.29, 0.717) is 0 Å². The number of rotatable bonds is 0. The highest BCUT2D eigenvalue weighted by atomic mass is 14.5. The van der Waals surface area contributed by atoms with Crippen molar-refractivity contribution in [1.29, 1.82) is 0 Å². The molecule has 0 spiro atoms. The summed E-state index contributed by atoms with van der Waals surface area (Å²) in [6.45, 7) is 2.65. The van der Waals surface area contributed by atoms with Crippen molar-refractivity contribution in [3.05, 3.63) is 36.4 Å². The zero-order chi connectivity index (χ0) is 8.95. The van der Waals surface area contributed by atoms with Crippen molar-refractivity contribution in [2.75, 3.05) is 6.54 Å². The molecular formula is C10H15N. The fraction of sp³-hybridized carbons (Fsp3) is 0.200. The molecular weight excluding hydrogens is 134 g/mol. The first-order valence-corrected chi connectivity index (χ1v) is 3.45. The van der Waals surface area contributed by atoms with E-state index in [1.54, 1.807) is 0 Å². The maximum atomic E-state index is 4.85. The molecule has 0 fully saturated rings. The summed E-state index contributed by atoms with van der Waals surface area (Å²) in [5.74, 6) is 0. The van der Waals surface area contributed by atoms with Crippen LogP contribution in [0.2, 0.25) is 0 Å². The molecule has 0 saturated carbocycles. The minimum atomic E-state index is 0.750. The second-order valence-corrected chi connectivity index (χ2v) is 1.56. The fourth-order valence-electron chi connectivity index (χ4n) is 0.385. The molecule has 60 valence electrons. The van der Waals surface area contributed by atoms with E-state index in [4.69, 9.17) is 5.73 Å². The molecule has 0 aliphatic carbocycles. The summed E-state index contributed by atoms with van der Waals surface area (Å²) in [4.78, 5) is 0. The van der Waals surface area contributed by atoms with Gasteiger partial charge in [0.1, 0.15) is 0 Å². The second-order valence-electron chi connectivity index (χ2n) is 1.56. The lowest BCUT2D eigenvalue weighted by Crippen LogP contribution is -1.87. The number of terminal acetylenes is 1. The van der Waals surface area contributed by atoms with Crippen molar-refractivity contribution in [3.63, 3.8) is 0 Å². The predicted octanol–water partition coefficient (Wildman–Crippen LogP) is 1.90. The quantitative estimate of drug-likeness (QED) is 0.560.